The molecule has 0 spiro atoms. The fraction of sp³-hybridized carbons (Fsp3) is 0.364. The minimum Gasteiger partial charge on any atom is -0.347 e. The van der Waals surface area contributed by atoms with Gasteiger partial charge in [-0.25, -0.2) is 0 Å². The van der Waals surface area contributed by atoms with Gasteiger partial charge in [-0.05, 0) is 41.4 Å². The molecule has 7 nitrogen and oxygen atoms in total. The van der Waals surface area contributed by atoms with Gasteiger partial charge in [-0.1, -0.05) is 61.7 Å². The molecule has 1 fully saturated rings. The van der Waals surface area contributed by atoms with Crippen molar-refractivity contribution in [3.63, 3.8) is 0 Å². The Bertz CT molecular complexity index is 936. The molecule has 0 atom stereocenters. The normalized spacial score (nSPS) is 14.0. The fourth-order valence-corrected chi connectivity index (χ4v) is 3.83. The molecule has 1 aliphatic rings. The van der Waals surface area contributed by atoms with Crippen LogP contribution in [0.25, 0.3) is 10.8 Å². The van der Waals surface area contributed by atoms with Crippen molar-refractivity contribution >= 4 is 45.8 Å². The Morgan fingerprint density at radius 3 is 2.43 bits per heavy atom. The molecule has 0 unspecified atom stereocenters. The number of amides is 3. The summed E-state index contributed by atoms with van der Waals surface area (Å²) in [5, 5.41) is 7.25. The highest BCUT2D eigenvalue weighted by Gasteiger charge is 2.21. The van der Waals surface area contributed by atoms with Crippen molar-refractivity contribution < 1.29 is 14.4 Å². The number of hydrazine groups is 1. The summed E-state index contributed by atoms with van der Waals surface area (Å²) in [6.45, 7) is -0.144. The van der Waals surface area contributed by atoms with Crippen LogP contribution in [0.2, 0.25) is 0 Å². The largest absolute Gasteiger partial charge is 0.347 e. The van der Waals surface area contributed by atoms with E-state index >= 15 is 0 Å². The number of thiocarbonyl (C=S) groups is 1. The maximum absolute atomic E-state index is 12.3. The Labute approximate surface area is 180 Å². The number of carbonyl (C=O) groups is 3. The molecule has 0 saturated heterocycles. The van der Waals surface area contributed by atoms with E-state index in [1.165, 1.54) is 0 Å². The molecule has 8 heteroatoms. The highest BCUT2D eigenvalue weighted by molar-refractivity contribution is 7.80. The third-order valence-electron chi connectivity index (χ3n) is 5.20. The van der Waals surface area contributed by atoms with Crippen LogP contribution in [0.5, 0.6) is 0 Å². The molecule has 3 amide bonds. The zero-order chi connectivity index (χ0) is 21.3. The van der Waals surface area contributed by atoms with Crippen molar-refractivity contribution in [2.24, 2.45) is 5.92 Å². The smallest absolute Gasteiger partial charge is 0.257 e. The molecular formula is C22H26N4O3S. The van der Waals surface area contributed by atoms with Crippen molar-refractivity contribution in [2.75, 3.05) is 6.54 Å². The maximum atomic E-state index is 12.3. The second-order valence-corrected chi connectivity index (χ2v) is 7.83. The number of benzene rings is 2. The average molecular weight is 427 g/mol. The van der Waals surface area contributed by atoms with Crippen LogP contribution < -0.4 is 21.5 Å². The third kappa shape index (κ3) is 6.25. The van der Waals surface area contributed by atoms with E-state index < -0.39 is 5.91 Å². The first-order chi connectivity index (χ1) is 14.5. The summed E-state index contributed by atoms with van der Waals surface area (Å²) in [6.07, 6.45) is 5.18. The lowest BCUT2D eigenvalue weighted by Crippen LogP contribution is -2.51. The van der Waals surface area contributed by atoms with Crippen molar-refractivity contribution in [1.82, 2.24) is 21.5 Å². The summed E-state index contributed by atoms with van der Waals surface area (Å²) in [4.78, 5) is 36.2. The summed E-state index contributed by atoms with van der Waals surface area (Å²) in [5.74, 6) is -0.821. The first-order valence-electron chi connectivity index (χ1n) is 10.2. The number of rotatable bonds is 5. The Morgan fingerprint density at radius 2 is 1.63 bits per heavy atom. The van der Waals surface area contributed by atoms with E-state index in [4.69, 9.17) is 12.2 Å². The highest BCUT2D eigenvalue weighted by Crippen LogP contribution is 2.23. The molecule has 2 aromatic carbocycles. The van der Waals surface area contributed by atoms with Crippen LogP contribution in [0.3, 0.4) is 0 Å². The molecular weight excluding hydrogens is 400 g/mol. The van der Waals surface area contributed by atoms with E-state index in [1.54, 1.807) is 0 Å². The van der Waals surface area contributed by atoms with Crippen LogP contribution in [0.15, 0.2) is 42.5 Å². The van der Waals surface area contributed by atoms with E-state index in [0.29, 0.717) is 0 Å². The van der Waals surface area contributed by atoms with Gasteiger partial charge in [0.1, 0.15) is 0 Å². The van der Waals surface area contributed by atoms with Gasteiger partial charge in [0.25, 0.3) is 5.91 Å². The molecule has 0 heterocycles. The predicted molar refractivity (Wildman–Crippen MR) is 119 cm³/mol. The summed E-state index contributed by atoms with van der Waals surface area (Å²) >= 11 is 5.05. The number of carbonyl (C=O) groups excluding carboxylic acids is 3. The summed E-state index contributed by atoms with van der Waals surface area (Å²) in [5.41, 5.74) is 5.76. The lowest BCUT2D eigenvalue weighted by Gasteiger charge is -2.20. The van der Waals surface area contributed by atoms with Crippen molar-refractivity contribution in [1.29, 1.82) is 0 Å². The molecule has 4 N–H and O–H groups in total. The predicted octanol–water partition coefficient (Wildman–Crippen LogP) is 2.10. The van der Waals surface area contributed by atoms with Crippen LogP contribution in [-0.4, -0.2) is 29.4 Å². The van der Waals surface area contributed by atoms with Gasteiger partial charge in [-0.2, -0.15) is 0 Å². The van der Waals surface area contributed by atoms with Crippen molar-refractivity contribution in [3.05, 3.63) is 48.0 Å². The molecule has 0 radical (unpaired) electrons. The molecule has 0 aromatic heterocycles. The zero-order valence-corrected chi connectivity index (χ0v) is 17.5. The van der Waals surface area contributed by atoms with Crippen LogP contribution >= 0.6 is 12.2 Å². The average Bonchev–Trinajstić information content (AvgIpc) is 2.77. The maximum Gasteiger partial charge on any atom is 0.257 e. The van der Waals surface area contributed by atoms with Gasteiger partial charge in [0, 0.05) is 5.92 Å². The van der Waals surface area contributed by atoms with Gasteiger partial charge in [-0.3, -0.25) is 25.2 Å². The topological polar surface area (TPSA) is 99.3 Å². The molecule has 158 valence electrons. The van der Waals surface area contributed by atoms with Crippen molar-refractivity contribution in [2.45, 2.75) is 38.5 Å². The van der Waals surface area contributed by atoms with E-state index in [9.17, 15) is 14.4 Å². The molecule has 0 aliphatic heterocycles. The molecule has 30 heavy (non-hydrogen) atoms. The van der Waals surface area contributed by atoms with E-state index in [0.717, 1.165) is 48.4 Å². The summed E-state index contributed by atoms with van der Waals surface area (Å²) in [6, 6.07) is 13.6. The molecule has 1 saturated carbocycles. The standard InChI is InChI=1S/C22H26N4O3S/c27-19(13-17-11-6-10-15-7-4-5-12-18(15)17)24-22(30)26-25-20(28)14-23-21(29)16-8-2-1-3-9-16/h4-7,10-12,16H,1-3,8-9,13-14H2,(H,23,29)(H,25,28)(H2,24,26,27,30). The zero-order valence-electron chi connectivity index (χ0n) is 16.7. The Morgan fingerprint density at radius 1 is 0.900 bits per heavy atom. The molecule has 1 aliphatic carbocycles. The van der Waals surface area contributed by atoms with Crippen LogP contribution in [0.1, 0.15) is 37.7 Å². The Balaban J connectivity index is 1.39. The van der Waals surface area contributed by atoms with Gasteiger partial charge in [-0.15, -0.1) is 0 Å². The second kappa shape index (κ2) is 10.7. The first-order valence-corrected chi connectivity index (χ1v) is 10.6. The Kier molecular flexibility index (Phi) is 7.73. The van der Waals surface area contributed by atoms with Gasteiger partial charge in [0.05, 0.1) is 13.0 Å². The van der Waals surface area contributed by atoms with E-state index in [2.05, 4.69) is 21.5 Å². The van der Waals surface area contributed by atoms with Crippen molar-refractivity contribution in [3.8, 4) is 0 Å². The van der Waals surface area contributed by atoms with E-state index in [-0.39, 0.29) is 35.8 Å². The lowest BCUT2D eigenvalue weighted by molar-refractivity contribution is -0.129. The minimum atomic E-state index is -0.440. The number of hydrogen-bond acceptors (Lipinski definition) is 4. The van der Waals surface area contributed by atoms with Crippen LogP contribution in [0.4, 0.5) is 0 Å². The first kappa shape index (κ1) is 21.7. The van der Waals surface area contributed by atoms with Gasteiger partial charge >= 0.3 is 0 Å². The fourth-order valence-electron chi connectivity index (χ4n) is 3.67. The third-order valence-corrected chi connectivity index (χ3v) is 5.40. The van der Waals surface area contributed by atoms with Gasteiger partial charge < -0.3 is 10.6 Å². The Hall–Kier alpha value is -3.00. The summed E-state index contributed by atoms with van der Waals surface area (Å²) in [7, 11) is 0. The monoisotopic (exact) mass is 426 g/mol. The van der Waals surface area contributed by atoms with Crippen LogP contribution in [-0.2, 0) is 20.8 Å². The second-order valence-electron chi connectivity index (χ2n) is 7.42. The quantitative estimate of drug-likeness (QED) is 0.434. The number of nitrogens with one attached hydrogen (secondary N) is 4. The van der Waals surface area contributed by atoms with Gasteiger partial charge in [0.2, 0.25) is 11.8 Å². The number of fused-ring (bicyclic) bond motifs is 1. The number of hydrogen-bond donors (Lipinski definition) is 4. The van der Waals surface area contributed by atoms with Crippen LogP contribution in [0, 0.1) is 5.92 Å². The molecule has 2 aromatic rings. The summed E-state index contributed by atoms with van der Waals surface area (Å²) < 4.78 is 0. The van der Waals surface area contributed by atoms with E-state index in [1.807, 2.05) is 42.5 Å². The lowest BCUT2D eigenvalue weighted by atomic mass is 9.89. The molecule has 0 bridgehead atoms. The van der Waals surface area contributed by atoms with Gasteiger partial charge in [0.15, 0.2) is 5.11 Å². The minimum absolute atomic E-state index is 0.00561. The highest BCUT2D eigenvalue weighted by atomic mass is 32.1. The SMILES string of the molecule is O=C(CNC(=O)C1CCCCC1)NNC(=S)NC(=O)Cc1cccc2ccccc12. The molecule has 3 rings (SSSR count).